The molecule has 5 aromatic carbocycles. The van der Waals surface area contributed by atoms with Crippen molar-refractivity contribution >= 4 is 105 Å². The molecule has 0 bridgehead atoms. The van der Waals surface area contributed by atoms with Crippen molar-refractivity contribution in [3.05, 3.63) is 117 Å². The summed E-state index contributed by atoms with van der Waals surface area (Å²) in [5, 5.41) is -1.98. The fourth-order valence-electron chi connectivity index (χ4n) is 6.92. The first-order chi connectivity index (χ1) is 38.3. The first-order valence-corrected chi connectivity index (χ1v) is 31.2. The second-order valence-corrected chi connectivity index (χ2v) is 23.3. The maximum atomic E-state index is 14.1. The Morgan fingerprint density at radius 1 is 0.315 bits per heavy atom. The van der Waals surface area contributed by atoms with Crippen molar-refractivity contribution in [3.63, 3.8) is 0 Å². The van der Waals surface area contributed by atoms with Gasteiger partial charge < -0.3 is 88.2 Å². The molecule has 0 spiro atoms. The van der Waals surface area contributed by atoms with Crippen molar-refractivity contribution in [2.75, 3.05) is 0 Å². The number of ether oxygens (including phenoxy) is 2. The topological polar surface area (TPSA) is 610 Å². The molecule has 38 nitrogen and oxygen atoms in total. The van der Waals surface area contributed by atoms with E-state index in [4.69, 9.17) is 18.3 Å². The molecule has 0 aliphatic carbocycles. The predicted molar refractivity (Wildman–Crippen MR) is 254 cm³/mol. The quantitative estimate of drug-likeness (QED) is 0.0308. The minimum atomic E-state index is -6.06. The van der Waals surface area contributed by atoms with Crippen molar-refractivity contribution in [1.29, 1.82) is 0 Å². The van der Waals surface area contributed by atoms with E-state index in [0.717, 1.165) is 6.07 Å². The van der Waals surface area contributed by atoms with Gasteiger partial charge in [0.2, 0.25) is 22.4 Å². The molecule has 54 heteroatoms. The van der Waals surface area contributed by atoms with E-state index in [1.165, 1.54) is 18.2 Å². The van der Waals surface area contributed by atoms with Gasteiger partial charge in [-0.2, -0.15) is 0 Å². The summed E-state index contributed by atoms with van der Waals surface area (Å²) in [7, 11) is -46.9. The van der Waals surface area contributed by atoms with Crippen LogP contribution < -0.4 is 290 Å². The monoisotopic (exact) mass is 1520 g/mol. The van der Waals surface area contributed by atoms with Gasteiger partial charge in [0.25, 0.3) is 83.2 Å². The number of benzene rings is 5. The molecule has 2 aromatic heterocycles. The molecule has 0 unspecified atom stereocenters. The van der Waals surface area contributed by atoms with Crippen molar-refractivity contribution in [3.8, 4) is 80.1 Å². The van der Waals surface area contributed by atoms with Gasteiger partial charge in [-0.1, -0.05) is 18.2 Å². The molecule has 454 valence electrons. The summed E-state index contributed by atoms with van der Waals surface area (Å²) in [5.74, 6) is -15.3. The first-order valence-electron chi connectivity index (χ1n) is 20.5. The molecule has 0 radical (unpaired) electrons. The fourth-order valence-corrected chi connectivity index (χ4v) is 9.71. The van der Waals surface area contributed by atoms with E-state index in [9.17, 15) is 113 Å². The van der Waals surface area contributed by atoms with Gasteiger partial charge in [-0.25, -0.2) is 67.3 Å². The summed E-state index contributed by atoms with van der Waals surface area (Å²) < 4.78 is 335. The van der Waals surface area contributed by atoms with Crippen LogP contribution in [0.3, 0.4) is 0 Å². The third-order valence-corrected chi connectivity index (χ3v) is 12.6. The van der Waals surface area contributed by atoms with Gasteiger partial charge in [-0.15, -0.1) is 0 Å². The summed E-state index contributed by atoms with van der Waals surface area (Å²) in [5.41, 5.74) is -7.23. The number of hydrogen-bond acceptors (Lipinski definition) is 38. The Morgan fingerprint density at radius 3 is 0.880 bits per heavy atom. The minimum absolute atomic E-state index is 0. The van der Waals surface area contributed by atoms with Gasteiger partial charge in [-0.3, -0.25) is 9.59 Å². The Hall–Kier alpha value is -0.200. The second-order valence-electron chi connectivity index (χ2n) is 15.4. The average Bonchev–Trinajstić information content (AvgIpc) is 0.767. The molecule has 0 amide bonds. The zero-order valence-electron chi connectivity index (χ0n) is 47.3. The van der Waals surface area contributed by atoms with E-state index in [-0.39, 0.29) is 260 Å². The fraction of sp³-hybridized carbons (Fsp3) is 0.0526. The van der Waals surface area contributed by atoms with E-state index in [1.807, 2.05) is 0 Å². The second kappa shape index (κ2) is 36.4. The van der Waals surface area contributed by atoms with E-state index in [1.54, 1.807) is 0 Å². The van der Waals surface area contributed by atoms with Gasteiger partial charge in [0.15, 0.2) is 34.5 Å². The molecular weight excluding hydrogens is 1500 g/mol. The molecule has 92 heavy (non-hydrogen) atoms. The summed E-state index contributed by atoms with van der Waals surface area (Å²) in [6, 6.07) is 9.29. The largest absolute Gasteiger partial charge is 1.00 e. The van der Waals surface area contributed by atoms with Crippen LogP contribution in [-0.4, -0.2) is 104 Å². The predicted octanol–water partition coefficient (Wildman–Crippen LogP) is -24.9. The van der Waals surface area contributed by atoms with Crippen molar-refractivity contribution in [1.82, 2.24) is 0 Å². The Balaban J connectivity index is 0. The molecule has 0 saturated carbocycles. The zero-order valence-corrected chi connectivity index (χ0v) is 69.8. The number of rotatable bonds is 24. The van der Waals surface area contributed by atoms with Crippen LogP contribution in [0.2, 0.25) is 0 Å². The summed E-state index contributed by atoms with van der Waals surface area (Å²) >= 11 is 0. The normalized spacial score (nSPS) is 11.7. The van der Waals surface area contributed by atoms with Gasteiger partial charge in [0.05, 0.1) is 0 Å². The van der Waals surface area contributed by atoms with Gasteiger partial charge >= 0.3 is 236 Å². The molecule has 0 saturated heterocycles. The summed E-state index contributed by atoms with van der Waals surface area (Å²) in [6.45, 7) is -1.64. The molecular formula is C38H18Na8O38S8. The van der Waals surface area contributed by atoms with Crippen LogP contribution >= 0.6 is 0 Å². The Bertz CT molecular complexity index is 4670. The summed E-state index contributed by atoms with van der Waals surface area (Å²) in [4.78, 5) is 28.3. The van der Waals surface area contributed by atoms with Gasteiger partial charge in [-0.05, 0) is 53.6 Å². The SMILES string of the molecule is O=c1c(OS(=O)(=O)[O-])c(-c2ccc(OS(=O)(=O)[O-])c(OS(=O)(=O)[O-])c2)oc2cc(OS(=O)(=O)[O-])cc(OCc3cccc(COc4cc(OS(=O)(=O)[O-])cc5oc(-c6ccc(OS(=O)(=O)[O-])c(OS(=O)(=O)[O-])c6)c(OS(=O)(=O)[O-])c(=O)c45)c3)c12.[Na+].[Na+].[Na+].[Na+].[Na+].[Na+].[Na+].[Na+]. The number of hydrogen-bond donors (Lipinski definition) is 0. The molecule has 0 fully saturated rings. The van der Waals surface area contributed by atoms with Crippen LogP contribution in [-0.2, 0) is 96.4 Å². The van der Waals surface area contributed by atoms with Crippen LogP contribution in [0.4, 0.5) is 0 Å². The molecule has 0 atom stereocenters. The molecule has 2 heterocycles. The zero-order chi connectivity index (χ0) is 62.5. The molecule has 0 N–H and O–H groups in total. The molecule has 7 rings (SSSR count). The summed E-state index contributed by atoms with van der Waals surface area (Å²) in [6.07, 6.45) is 0. The number of fused-ring (bicyclic) bond motifs is 2. The first kappa shape index (κ1) is 93.9. The van der Waals surface area contributed by atoms with Gasteiger partial charge in [0.1, 0.15) is 58.2 Å². The van der Waals surface area contributed by atoms with E-state index >= 15 is 0 Å². The third kappa shape index (κ3) is 28.4. The standard InChI is InChI=1S/C38H26O38S8.8Na/c39-33-31-27(11-21(69-77(41,42)43)13-29(31)67-35(37(33)75-83(59,60)61)19-4-6-23(71-79(47,48)49)25(9-19)73-81(53,54)55)65-15-17-2-1-3-18(8-17)16-66-28-12-22(70-78(44,45)46)14-30-32(28)34(40)38(76-84(62,63)64)36(68-30)20-5-7-24(72-80(50,51)52)26(10-20)74-82(56,57)58;;;;;;;;/h1-14H,15-16H2,(H,41,42,43)(H,44,45,46)(H,47,48,49)(H,50,51,52)(H,53,54,55)(H,56,57,58)(H,59,60,61)(H,62,63,64);;;;;;;;/q;8*+1/p-8. The van der Waals surface area contributed by atoms with E-state index in [0.29, 0.717) is 48.5 Å². The van der Waals surface area contributed by atoms with Crippen molar-refractivity contribution < 1.29 is 392 Å². The molecule has 0 aliphatic heterocycles. The van der Waals surface area contributed by atoms with Crippen LogP contribution in [0.5, 0.6) is 57.5 Å². The molecule has 0 aliphatic rings. The van der Waals surface area contributed by atoms with Crippen molar-refractivity contribution in [2.45, 2.75) is 13.2 Å². The Kier molecular flexibility index (Phi) is 37.2. The van der Waals surface area contributed by atoms with Crippen molar-refractivity contribution in [2.24, 2.45) is 0 Å². The van der Waals surface area contributed by atoms with Crippen LogP contribution in [0.15, 0.2) is 103 Å². The third-order valence-electron chi connectivity index (χ3n) is 9.51. The van der Waals surface area contributed by atoms with Crippen LogP contribution in [0.1, 0.15) is 11.1 Å². The molecule has 7 aromatic rings. The van der Waals surface area contributed by atoms with E-state index in [2.05, 4.69) is 33.5 Å². The maximum absolute atomic E-state index is 14.1. The smallest absolute Gasteiger partial charge is 0.716 e. The van der Waals surface area contributed by atoms with Crippen LogP contribution in [0, 0.1) is 0 Å². The van der Waals surface area contributed by atoms with Gasteiger partial charge in [0, 0.05) is 35.4 Å². The maximum Gasteiger partial charge on any atom is 1.00 e. The van der Waals surface area contributed by atoms with E-state index < -0.39 is 209 Å². The van der Waals surface area contributed by atoms with Crippen LogP contribution in [0.25, 0.3) is 44.6 Å². The average molecular weight is 1520 g/mol. The Morgan fingerprint density at radius 2 is 0.598 bits per heavy atom. The Labute approximate surface area is 695 Å². The minimum Gasteiger partial charge on any atom is -0.716 e.